The minimum Gasteiger partial charge on any atom is -0.484 e. The molecule has 0 atom stereocenters. The van der Waals surface area contributed by atoms with E-state index in [1.165, 1.54) is 4.90 Å². The van der Waals surface area contributed by atoms with Crippen molar-refractivity contribution in [1.29, 1.82) is 0 Å². The summed E-state index contributed by atoms with van der Waals surface area (Å²) >= 11 is 0. The molecule has 29 heavy (non-hydrogen) atoms. The van der Waals surface area contributed by atoms with Crippen molar-refractivity contribution in [2.24, 2.45) is 5.92 Å². The van der Waals surface area contributed by atoms with Gasteiger partial charge in [0.15, 0.2) is 6.61 Å². The first-order valence-corrected chi connectivity index (χ1v) is 9.58. The van der Waals surface area contributed by atoms with Crippen LogP contribution in [-0.4, -0.2) is 47.5 Å². The molecule has 0 heterocycles. The maximum absolute atomic E-state index is 12.5. The number of aliphatic carboxylic acids is 1. The summed E-state index contributed by atoms with van der Waals surface area (Å²) in [6.45, 7) is -0.370. The molecular formula is C22H24N2O5. The van der Waals surface area contributed by atoms with Crippen LogP contribution in [0.2, 0.25) is 0 Å². The average Bonchev–Trinajstić information content (AvgIpc) is 3.55. The molecule has 2 aromatic carbocycles. The molecule has 0 aromatic heterocycles. The molecule has 152 valence electrons. The first kappa shape index (κ1) is 20.4. The normalized spacial score (nSPS) is 12.8. The van der Waals surface area contributed by atoms with Gasteiger partial charge in [-0.05, 0) is 37.0 Å². The van der Waals surface area contributed by atoms with E-state index in [1.54, 1.807) is 24.3 Å². The zero-order chi connectivity index (χ0) is 20.6. The first-order chi connectivity index (χ1) is 14.0. The lowest BCUT2D eigenvalue weighted by atomic mass is 10.1. The number of ether oxygens (including phenoxy) is 1. The Bertz CT molecular complexity index is 865. The molecule has 0 aliphatic heterocycles. The van der Waals surface area contributed by atoms with Crippen LogP contribution in [0, 0.1) is 5.92 Å². The van der Waals surface area contributed by atoms with Gasteiger partial charge in [0.25, 0.3) is 5.91 Å². The van der Waals surface area contributed by atoms with Crippen LogP contribution in [0.15, 0.2) is 54.6 Å². The van der Waals surface area contributed by atoms with Gasteiger partial charge >= 0.3 is 5.97 Å². The fraction of sp³-hybridized carbons (Fsp3) is 0.318. The van der Waals surface area contributed by atoms with E-state index in [0.717, 1.165) is 18.4 Å². The topological polar surface area (TPSA) is 95.9 Å². The van der Waals surface area contributed by atoms with Crippen molar-refractivity contribution in [1.82, 2.24) is 4.90 Å². The minimum absolute atomic E-state index is 0.00762. The number of carbonyl (C=O) groups excluding carboxylic acids is 2. The maximum Gasteiger partial charge on any atom is 0.323 e. The molecule has 3 rings (SSSR count). The molecule has 2 amide bonds. The Morgan fingerprint density at radius 3 is 2.52 bits per heavy atom. The van der Waals surface area contributed by atoms with Gasteiger partial charge in [0.2, 0.25) is 5.91 Å². The first-order valence-electron chi connectivity index (χ1n) is 9.58. The van der Waals surface area contributed by atoms with Gasteiger partial charge in [-0.3, -0.25) is 14.4 Å². The van der Waals surface area contributed by atoms with Crippen LogP contribution in [-0.2, 0) is 20.8 Å². The van der Waals surface area contributed by atoms with Crippen LogP contribution in [0.4, 0.5) is 5.69 Å². The monoisotopic (exact) mass is 396 g/mol. The molecule has 0 spiro atoms. The third kappa shape index (κ3) is 6.64. The molecule has 0 bridgehead atoms. The van der Waals surface area contributed by atoms with Gasteiger partial charge in [-0.1, -0.05) is 36.4 Å². The van der Waals surface area contributed by atoms with Gasteiger partial charge in [0.05, 0.1) is 0 Å². The molecule has 2 N–H and O–H groups in total. The standard InChI is InChI=1S/C22H24N2O5/c25-20(24(14-21(26)27)12-11-16-5-2-1-3-6-16)15-29-19-8-4-7-18(13-19)23-22(28)17-9-10-17/h1-8,13,17H,9-12,14-15H2,(H,23,28)(H,26,27). The summed E-state index contributed by atoms with van der Waals surface area (Å²) in [6.07, 6.45) is 2.39. The minimum atomic E-state index is -1.07. The molecule has 7 heteroatoms. The summed E-state index contributed by atoms with van der Waals surface area (Å²) in [6, 6.07) is 16.4. The Hall–Kier alpha value is -3.35. The van der Waals surface area contributed by atoms with Crippen molar-refractivity contribution in [3.63, 3.8) is 0 Å². The number of nitrogens with zero attached hydrogens (tertiary/aromatic N) is 1. The molecule has 1 fully saturated rings. The van der Waals surface area contributed by atoms with Crippen LogP contribution in [0.1, 0.15) is 18.4 Å². The number of nitrogens with one attached hydrogen (secondary N) is 1. The van der Waals surface area contributed by atoms with Crippen molar-refractivity contribution >= 4 is 23.5 Å². The molecule has 7 nitrogen and oxygen atoms in total. The number of anilines is 1. The van der Waals surface area contributed by atoms with Crippen molar-refractivity contribution in [3.8, 4) is 5.75 Å². The molecule has 0 saturated heterocycles. The Labute approximate surface area is 169 Å². The van der Waals surface area contributed by atoms with Crippen LogP contribution < -0.4 is 10.1 Å². The van der Waals surface area contributed by atoms with Crippen LogP contribution in [0.5, 0.6) is 5.75 Å². The number of carboxylic acids is 1. The quantitative estimate of drug-likeness (QED) is 0.644. The van der Waals surface area contributed by atoms with Crippen molar-refractivity contribution in [2.45, 2.75) is 19.3 Å². The predicted molar refractivity (Wildman–Crippen MR) is 108 cm³/mol. The van der Waals surface area contributed by atoms with Gasteiger partial charge < -0.3 is 20.1 Å². The van der Waals surface area contributed by atoms with Crippen LogP contribution >= 0.6 is 0 Å². The van der Waals surface area contributed by atoms with E-state index in [2.05, 4.69) is 5.32 Å². The van der Waals surface area contributed by atoms with Crippen LogP contribution in [0.25, 0.3) is 0 Å². The Kier molecular flexibility index (Phi) is 6.84. The van der Waals surface area contributed by atoms with E-state index in [0.29, 0.717) is 17.9 Å². The van der Waals surface area contributed by atoms with E-state index in [1.807, 2.05) is 30.3 Å². The molecule has 0 radical (unpaired) electrons. The van der Waals surface area contributed by atoms with E-state index >= 15 is 0 Å². The third-order valence-corrected chi connectivity index (χ3v) is 4.60. The summed E-state index contributed by atoms with van der Waals surface area (Å²) in [5.41, 5.74) is 1.63. The van der Waals surface area contributed by atoms with Crippen molar-refractivity contribution in [2.75, 3.05) is 25.0 Å². The van der Waals surface area contributed by atoms with E-state index in [4.69, 9.17) is 9.84 Å². The number of benzene rings is 2. The summed E-state index contributed by atoms with van der Waals surface area (Å²) in [4.78, 5) is 36.8. The second-order valence-electron chi connectivity index (χ2n) is 7.02. The average molecular weight is 396 g/mol. The molecular weight excluding hydrogens is 372 g/mol. The second kappa shape index (κ2) is 9.73. The Morgan fingerprint density at radius 1 is 1.07 bits per heavy atom. The van der Waals surface area contributed by atoms with E-state index in [9.17, 15) is 14.4 Å². The summed E-state index contributed by atoms with van der Waals surface area (Å²) < 4.78 is 5.55. The molecule has 2 aromatic rings. The number of carboxylic acid groups (broad SMARTS) is 1. The fourth-order valence-corrected chi connectivity index (χ4v) is 2.85. The van der Waals surface area contributed by atoms with Crippen molar-refractivity contribution < 1.29 is 24.2 Å². The van der Waals surface area contributed by atoms with Gasteiger partial charge in [-0.25, -0.2) is 0 Å². The van der Waals surface area contributed by atoms with Crippen LogP contribution in [0.3, 0.4) is 0 Å². The summed E-state index contributed by atoms with van der Waals surface area (Å²) in [7, 11) is 0. The number of hydrogen-bond acceptors (Lipinski definition) is 4. The van der Waals surface area contributed by atoms with Crippen molar-refractivity contribution in [3.05, 3.63) is 60.2 Å². The number of rotatable bonds is 10. The smallest absolute Gasteiger partial charge is 0.323 e. The van der Waals surface area contributed by atoms with Gasteiger partial charge in [-0.15, -0.1) is 0 Å². The maximum atomic E-state index is 12.5. The highest BCUT2D eigenvalue weighted by Gasteiger charge is 2.29. The highest BCUT2D eigenvalue weighted by atomic mass is 16.5. The van der Waals surface area contributed by atoms with E-state index < -0.39 is 11.9 Å². The highest BCUT2D eigenvalue weighted by molar-refractivity contribution is 5.94. The highest BCUT2D eigenvalue weighted by Crippen LogP contribution is 2.30. The largest absolute Gasteiger partial charge is 0.484 e. The predicted octanol–water partition coefficient (Wildman–Crippen LogP) is 2.57. The zero-order valence-electron chi connectivity index (χ0n) is 16.0. The zero-order valence-corrected chi connectivity index (χ0v) is 16.0. The molecule has 1 aliphatic rings. The SMILES string of the molecule is O=C(O)CN(CCc1ccccc1)C(=O)COc1cccc(NC(=O)C2CC2)c1. The van der Waals surface area contributed by atoms with E-state index in [-0.39, 0.29) is 31.5 Å². The summed E-state index contributed by atoms with van der Waals surface area (Å²) in [5, 5.41) is 11.9. The third-order valence-electron chi connectivity index (χ3n) is 4.60. The summed E-state index contributed by atoms with van der Waals surface area (Å²) in [5.74, 6) is -0.959. The fourth-order valence-electron chi connectivity index (χ4n) is 2.85. The number of hydrogen-bond donors (Lipinski definition) is 2. The Balaban J connectivity index is 1.54. The number of carbonyl (C=O) groups is 3. The molecule has 1 aliphatic carbocycles. The van der Waals surface area contributed by atoms with Gasteiger partial charge in [-0.2, -0.15) is 0 Å². The second-order valence-corrected chi connectivity index (χ2v) is 7.02. The van der Waals surface area contributed by atoms with Gasteiger partial charge in [0.1, 0.15) is 12.3 Å². The lowest BCUT2D eigenvalue weighted by Gasteiger charge is -2.21. The Morgan fingerprint density at radius 2 is 1.83 bits per heavy atom. The lowest BCUT2D eigenvalue weighted by molar-refractivity contribution is -0.145. The molecule has 1 saturated carbocycles. The van der Waals surface area contributed by atoms with Gasteiger partial charge in [0, 0.05) is 24.2 Å². The number of amides is 2. The lowest BCUT2D eigenvalue weighted by Crippen LogP contribution is -2.40. The molecule has 0 unspecified atom stereocenters.